The molecule has 0 aromatic carbocycles. The van der Waals surface area contributed by atoms with E-state index in [9.17, 15) is 14.4 Å². The lowest BCUT2D eigenvalue weighted by atomic mass is 10.0. The minimum Gasteiger partial charge on any atom is -0.462 e. The summed E-state index contributed by atoms with van der Waals surface area (Å²) < 4.78 is 16.8. The molecule has 0 aromatic rings. The molecular weight excluding hydrogens is 877 g/mol. The summed E-state index contributed by atoms with van der Waals surface area (Å²) in [7, 11) is 0. The lowest BCUT2D eigenvalue weighted by molar-refractivity contribution is -0.167. The van der Waals surface area contributed by atoms with E-state index in [1.165, 1.54) is 244 Å². The minimum absolute atomic E-state index is 0.0653. The van der Waals surface area contributed by atoms with Crippen LogP contribution in [-0.2, 0) is 28.6 Å². The average molecular weight is 1000 g/mol. The standard InChI is InChI=1S/C65H122O6/c1-4-7-10-13-15-17-19-21-23-25-26-27-28-29-30-31-32-33-34-35-36-37-38-40-41-43-45-47-49-52-55-58-64(67)70-61-62(60-69-63(66)57-54-51-12-9-6-3)71-65(68)59-56-53-50-48-46-44-42-39-24-22-20-18-16-14-11-8-5-2/h19,21,25-26,62H,4-18,20,22-24,27-61H2,1-3H3/b21-19-,26-25-. The Morgan fingerprint density at radius 3 is 0.775 bits per heavy atom. The van der Waals surface area contributed by atoms with Crippen molar-refractivity contribution >= 4 is 17.9 Å². The van der Waals surface area contributed by atoms with Gasteiger partial charge in [0.1, 0.15) is 13.2 Å². The Balaban J connectivity index is 3.91. The summed E-state index contributed by atoms with van der Waals surface area (Å²) in [6.45, 7) is 6.60. The van der Waals surface area contributed by atoms with Crippen molar-refractivity contribution in [1.82, 2.24) is 0 Å². The Morgan fingerprint density at radius 2 is 0.507 bits per heavy atom. The van der Waals surface area contributed by atoms with Crippen molar-refractivity contribution in [3.05, 3.63) is 24.3 Å². The number of carbonyl (C=O) groups is 3. The second kappa shape index (κ2) is 60.4. The predicted molar refractivity (Wildman–Crippen MR) is 307 cm³/mol. The van der Waals surface area contributed by atoms with Crippen LogP contribution < -0.4 is 0 Å². The summed E-state index contributed by atoms with van der Waals surface area (Å²) in [5.74, 6) is -0.856. The maximum atomic E-state index is 12.8. The van der Waals surface area contributed by atoms with Gasteiger partial charge in [-0.25, -0.2) is 0 Å². The first-order valence-corrected chi connectivity index (χ1v) is 31.8. The highest BCUT2D eigenvalue weighted by Gasteiger charge is 2.19. The van der Waals surface area contributed by atoms with Crippen LogP contribution in [0.25, 0.3) is 0 Å². The van der Waals surface area contributed by atoms with Crippen LogP contribution in [0, 0.1) is 0 Å². The first kappa shape index (κ1) is 68.9. The van der Waals surface area contributed by atoms with Gasteiger partial charge in [-0.15, -0.1) is 0 Å². The number of unbranched alkanes of at least 4 members (excludes halogenated alkanes) is 44. The van der Waals surface area contributed by atoms with E-state index in [4.69, 9.17) is 14.2 Å². The van der Waals surface area contributed by atoms with E-state index in [0.29, 0.717) is 19.3 Å². The molecule has 418 valence electrons. The Kier molecular flexibility index (Phi) is 58.6. The van der Waals surface area contributed by atoms with Gasteiger partial charge in [0.2, 0.25) is 0 Å². The fourth-order valence-corrected chi connectivity index (χ4v) is 9.65. The van der Waals surface area contributed by atoms with Crippen LogP contribution in [0.5, 0.6) is 0 Å². The van der Waals surface area contributed by atoms with Gasteiger partial charge >= 0.3 is 17.9 Å². The molecule has 0 aromatic heterocycles. The summed E-state index contributed by atoms with van der Waals surface area (Å²) in [5, 5.41) is 0. The summed E-state index contributed by atoms with van der Waals surface area (Å²) in [5.41, 5.74) is 0. The van der Waals surface area contributed by atoms with E-state index in [1.807, 2.05) is 0 Å². The lowest BCUT2D eigenvalue weighted by Crippen LogP contribution is -2.30. The molecule has 1 unspecified atom stereocenters. The first-order chi connectivity index (χ1) is 35.0. The molecule has 6 nitrogen and oxygen atoms in total. The van der Waals surface area contributed by atoms with E-state index in [-0.39, 0.29) is 31.1 Å². The van der Waals surface area contributed by atoms with Gasteiger partial charge in [-0.2, -0.15) is 0 Å². The molecule has 0 aliphatic carbocycles. The van der Waals surface area contributed by atoms with E-state index in [0.717, 1.165) is 70.6 Å². The normalized spacial score (nSPS) is 12.1. The monoisotopic (exact) mass is 999 g/mol. The Hall–Kier alpha value is -2.11. The lowest BCUT2D eigenvalue weighted by Gasteiger charge is -2.18. The van der Waals surface area contributed by atoms with Crippen molar-refractivity contribution in [3.63, 3.8) is 0 Å². The largest absolute Gasteiger partial charge is 0.462 e. The van der Waals surface area contributed by atoms with Crippen LogP contribution in [0.2, 0.25) is 0 Å². The van der Waals surface area contributed by atoms with E-state index >= 15 is 0 Å². The third-order valence-electron chi connectivity index (χ3n) is 14.5. The van der Waals surface area contributed by atoms with Gasteiger partial charge in [0.25, 0.3) is 0 Å². The van der Waals surface area contributed by atoms with Gasteiger partial charge in [-0.3, -0.25) is 14.4 Å². The quantitative estimate of drug-likeness (QED) is 0.0261. The smallest absolute Gasteiger partial charge is 0.306 e. The predicted octanol–water partition coefficient (Wildman–Crippen LogP) is 21.4. The Bertz CT molecular complexity index is 1150. The molecule has 6 heteroatoms. The minimum atomic E-state index is -0.762. The van der Waals surface area contributed by atoms with Crippen LogP contribution in [0.1, 0.15) is 355 Å². The number of hydrogen-bond donors (Lipinski definition) is 0. The molecular formula is C65H122O6. The van der Waals surface area contributed by atoms with Crippen LogP contribution in [0.4, 0.5) is 0 Å². The number of hydrogen-bond acceptors (Lipinski definition) is 6. The molecule has 0 N–H and O–H groups in total. The van der Waals surface area contributed by atoms with Crippen molar-refractivity contribution in [3.8, 4) is 0 Å². The average Bonchev–Trinajstić information content (AvgIpc) is 3.37. The van der Waals surface area contributed by atoms with E-state index in [2.05, 4.69) is 45.1 Å². The number of esters is 3. The van der Waals surface area contributed by atoms with Crippen molar-refractivity contribution in [2.45, 2.75) is 361 Å². The number of carbonyl (C=O) groups excluding carboxylic acids is 3. The summed E-state index contributed by atoms with van der Waals surface area (Å²) in [6, 6.07) is 0. The fourth-order valence-electron chi connectivity index (χ4n) is 9.65. The Labute approximate surface area is 443 Å². The molecule has 71 heavy (non-hydrogen) atoms. The summed E-state index contributed by atoms with van der Waals surface area (Å²) in [6.07, 6.45) is 72.5. The third-order valence-corrected chi connectivity index (χ3v) is 14.5. The summed E-state index contributed by atoms with van der Waals surface area (Å²) >= 11 is 0. The molecule has 0 heterocycles. The molecule has 0 aliphatic rings. The van der Waals surface area contributed by atoms with Crippen LogP contribution in [-0.4, -0.2) is 37.2 Å². The van der Waals surface area contributed by atoms with Gasteiger partial charge in [0.05, 0.1) is 0 Å². The zero-order valence-electron chi connectivity index (χ0n) is 48.0. The topological polar surface area (TPSA) is 78.9 Å². The molecule has 0 bridgehead atoms. The zero-order chi connectivity index (χ0) is 51.4. The molecule has 0 radical (unpaired) electrons. The van der Waals surface area contributed by atoms with Crippen molar-refractivity contribution in [2.75, 3.05) is 13.2 Å². The molecule has 0 amide bonds. The molecule has 1 atom stereocenters. The molecule has 0 rings (SSSR count). The maximum Gasteiger partial charge on any atom is 0.306 e. The SMILES string of the molecule is CCCCCCC/C=C\C/C=C\CCCCCCCCCCCCCCCCCCCCCC(=O)OCC(COC(=O)CCCCCCC)OC(=O)CCCCCCCCCCCCCCCCCCC. The van der Waals surface area contributed by atoms with E-state index in [1.54, 1.807) is 0 Å². The van der Waals surface area contributed by atoms with Gasteiger partial charge in [-0.05, 0) is 51.4 Å². The highest BCUT2D eigenvalue weighted by Crippen LogP contribution is 2.18. The second-order valence-electron chi connectivity index (χ2n) is 21.7. The van der Waals surface area contributed by atoms with Gasteiger partial charge in [0.15, 0.2) is 6.10 Å². The van der Waals surface area contributed by atoms with E-state index < -0.39 is 6.10 Å². The second-order valence-corrected chi connectivity index (χ2v) is 21.7. The highest BCUT2D eigenvalue weighted by molar-refractivity contribution is 5.71. The van der Waals surface area contributed by atoms with Crippen LogP contribution >= 0.6 is 0 Å². The van der Waals surface area contributed by atoms with Crippen molar-refractivity contribution in [2.24, 2.45) is 0 Å². The third kappa shape index (κ3) is 58.7. The van der Waals surface area contributed by atoms with Gasteiger partial charge < -0.3 is 14.2 Å². The maximum absolute atomic E-state index is 12.8. The van der Waals surface area contributed by atoms with Crippen LogP contribution in [0.15, 0.2) is 24.3 Å². The molecule has 0 spiro atoms. The fraction of sp³-hybridized carbons (Fsp3) is 0.892. The molecule has 0 saturated carbocycles. The zero-order valence-corrected chi connectivity index (χ0v) is 48.0. The molecule has 0 fully saturated rings. The van der Waals surface area contributed by atoms with Gasteiger partial charge in [-0.1, -0.05) is 308 Å². The van der Waals surface area contributed by atoms with Crippen LogP contribution in [0.3, 0.4) is 0 Å². The Morgan fingerprint density at radius 1 is 0.282 bits per heavy atom. The number of ether oxygens (including phenoxy) is 3. The number of rotatable bonds is 59. The molecule has 0 aliphatic heterocycles. The number of allylic oxidation sites excluding steroid dienone is 4. The molecule has 0 saturated heterocycles. The van der Waals surface area contributed by atoms with Crippen molar-refractivity contribution in [1.29, 1.82) is 0 Å². The summed E-state index contributed by atoms with van der Waals surface area (Å²) in [4.78, 5) is 37.9. The highest BCUT2D eigenvalue weighted by atomic mass is 16.6. The van der Waals surface area contributed by atoms with Crippen molar-refractivity contribution < 1.29 is 28.6 Å². The van der Waals surface area contributed by atoms with Gasteiger partial charge in [0, 0.05) is 19.3 Å². The first-order valence-electron chi connectivity index (χ1n) is 31.8.